The molecule has 1 rings (SSSR count). The molecule has 1 aromatic rings. The summed E-state index contributed by atoms with van der Waals surface area (Å²) < 4.78 is 13.9. The number of rotatable bonds is 3. The van der Waals surface area contributed by atoms with Crippen LogP contribution in [0.3, 0.4) is 0 Å². The topological polar surface area (TPSA) is 26.0 Å². The summed E-state index contributed by atoms with van der Waals surface area (Å²) in [5.41, 5.74) is 4.57. The van der Waals surface area contributed by atoms with E-state index >= 15 is 0 Å². The van der Waals surface area contributed by atoms with Crippen molar-refractivity contribution < 1.29 is 4.39 Å². The van der Waals surface area contributed by atoms with Gasteiger partial charge in [-0.1, -0.05) is 30.7 Å². The average Bonchev–Trinajstić information content (AvgIpc) is 2.18. The van der Waals surface area contributed by atoms with Crippen LogP contribution >= 0.6 is 11.6 Å². The zero-order valence-corrected chi connectivity index (χ0v) is 8.31. The van der Waals surface area contributed by atoms with Gasteiger partial charge in [-0.05, 0) is 24.1 Å². The Hall–Kier alpha value is -0.600. The van der Waals surface area contributed by atoms with E-state index in [0.717, 1.165) is 0 Å². The van der Waals surface area contributed by atoms with Crippen molar-refractivity contribution in [2.24, 2.45) is 5.73 Å². The van der Waals surface area contributed by atoms with Gasteiger partial charge in [-0.25, -0.2) is 4.39 Å². The first kappa shape index (κ1) is 10.5. The molecule has 0 saturated heterocycles. The molecule has 1 nitrogen and oxygen atoms in total. The molecule has 0 aliphatic heterocycles. The Morgan fingerprint density at radius 1 is 1.38 bits per heavy atom. The molecule has 1 unspecified atom stereocenters. The smallest absolute Gasteiger partial charge is 0.147 e. The molecule has 0 aromatic heterocycles. The quantitative estimate of drug-likeness (QED) is 0.800. The van der Waals surface area contributed by atoms with Crippen LogP contribution in [0.4, 0.5) is 4.39 Å². The molecule has 0 saturated carbocycles. The Morgan fingerprint density at radius 3 is 2.31 bits per heavy atom. The highest BCUT2D eigenvalue weighted by Gasteiger charge is 2.27. The van der Waals surface area contributed by atoms with Crippen LogP contribution in [0.25, 0.3) is 0 Å². The minimum absolute atomic E-state index is 0.00509. The summed E-state index contributed by atoms with van der Waals surface area (Å²) in [4.78, 5) is 0. The summed E-state index contributed by atoms with van der Waals surface area (Å²) in [6.07, 6.45) is 0.380. The minimum atomic E-state index is -1.41. The van der Waals surface area contributed by atoms with Crippen LogP contribution in [-0.2, 0) is 5.67 Å². The Morgan fingerprint density at radius 2 is 1.92 bits per heavy atom. The van der Waals surface area contributed by atoms with Crippen LogP contribution in [0.5, 0.6) is 0 Å². The zero-order valence-electron chi connectivity index (χ0n) is 7.56. The van der Waals surface area contributed by atoms with Crippen molar-refractivity contribution in [3.05, 3.63) is 34.9 Å². The number of nitrogens with two attached hydrogens (primary N) is 1. The normalized spacial score (nSPS) is 15.4. The van der Waals surface area contributed by atoms with E-state index in [1.807, 2.05) is 0 Å². The van der Waals surface area contributed by atoms with E-state index in [1.54, 1.807) is 31.2 Å². The zero-order chi connectivity index (χ0) is 9.90. The van der Waals surface area contributed by atoms with E-state index in [0.29, 0.717) is 17.0 Å². The van der Waals surface area contributed by atoms with E-state index in [2.05, 4.69) is 0 Å². The summed E-state index contributed by atoms with van der Waals surface area (Å²) in [5, 5.41) is 0.610. The van der Waals surface area contributed by atoms with Gasteiger partial charge in [-0.15, -0.1) is 0 Å². The van der Waals surface area contributed by atoms with Gasteiger partial charge in [-0.2, -0.15) is 0 Å². The van der Waals surface area contributed by atoms with Gasteiger partial charge in [0, 0.05) is 11.6 Å². The predicted octanol–water partition coefficient (Wildman–Crippen LogP) is 2.87. The van der Waals surface area contributed by atoms with Gasteiger partial charge in [0.15, 0.2) is 0 Å². The highest BCUT2D eigenvalue weighted by atomic mass is 35.5. The number of hydrogen-bond acceptors (Lipinski definition) is 1. The molecule has 0 fully saturated rings. The second-order valence-corrected chi connectivity index (χ2v) is 3.47. The molecule has 0 heterocycles. The van der Waals surface area contributed by atoms with Gasteiger partial charge in [0.1, 0.15) is 5.67 Å². The van der Waals surface area contributed by atoms with E-state index in [-0.39, 0.29) is 6.54 Å². The monoisotopic (exact) mass is 201 g/mol. The second kappa shape index (κ2) is 4.07. The maximum absolute atomic E-state index is 13.9. The van der Waals surface area contributed by atoms with E-state index in [1.165, 1.54) is 0 Å². The third kappa shape index (κ3) is 2.20. The molecular weight excluding hydrogens is 189 g/mol. The summed E-state index contributed by atoms with van der Waals surface area (Å²) in [7, 11) is 0. The van der Waals surface area contributed by atoms with Crippen molar-refractivity contribution in [2.75, 3.05) is 6.54 Å². The van der Waals surface area contributed by atoms with Crippen molar-refractivity contribution in [3.63, 3.8) is 0 Å². The highest BCUT2D eigenvalue weighted by Crippen LogP contribution is 2.29. The molecule has 0 aliphatic carbocycles. The van der Waals surface area contributed by atoms with Crippen molar-refractivity contribution >= 4 is 11.6 Å². The lowest BCUT2D eigenvalue weighted by atomic mass is 9.93. The molecule has 1 aromatic carbocycles. The SMILES string of the molecule is CCC(F)(CN)c1ccc(Cl)cc1. The third-order valence-corrected chi connectivity index (χ3v) is 2.50. The van der Waals surface area contributed by atoms with E-state index in [4.69, 9.17) is 17.3 Å². The van der Waals surface area contributed by atoms with Gasteiger partial charge >= 0.3 is 0 Å². The first-order valence-electron chi connectivity index (χ1n) is 4.27. The summed E-state index contributed by atoms with van der Waals surface area (Å²) in [6, 6.07) is 6.71. The molecule has 0 amide bonds. The van der Waals surface area contributed by atoms with Crippen molar-refractivity contribution in [2.45, 2.75) is 19.0 Å². The van der Waals surface area contributed by atoms with Crippen LogP contribution in [-0.4, -0.2) is 6.54 Å². The fourth-order valence-electron chi connectivity index (χ4n) is 1.21. The first-order valence-corrected chi connectivity index (χ1v) is 4.65. The van der Waals surface area contributed by atoms with Crippen LogP contribution < -0.4 is 5.73 Å². The van der Waals surface area contributed by atoms with Gasteiger partial charge in [0.05, 0.1) is 0 Å². The number of hydrogen-bond donors (Lipinski definition) is 1. The maximum atomic E-state index is 13.9. The summed E-state index contributed by atoms with van der Waals surface area (Å²) in [6.45, 7) is 1.78. The Bertz CT molecular complexity index is 267. The Balaban J connectivity index is 2.99. The Kier molecular flexibility index (Phi) is 3.28. The van der Waals surface area contributed by atoms with Gasteiger partial charge in [-0.3, -0.25) is 0 Å². The molecule has 0 aliphatic rings. The molecular formula is C10H13ClFN. The molecule has 1 atom stereocenters. The first-order chi connectivity index (χ1) is 6.12. The largest absolute Gasteiger partial charge is 0.327 e. The fourth-order valence-corrected chi connectivity index (χ4v) is 1.34. The fraction of sp³-hybridized carbons (Fsp3) is 0.400. The standard InChI is InChI=1S/C10H13ClFN/c1-2-10(12,7-13)8-3-5-9(11)6-4-8/h3-6H,2,7,13H2,1H3. The van der Waals surface area contributed by atoms with Gasteiger partial charge in [0.25, 0.3) is 0 Å². The van der Waals surface area contributed by atoms with Crippen LogP contribution in [0.15, 0.2) is 24.3 Å². The predicted molar refractivity (Wildman–Crippen MR) is 53.6 cm³/mol. The number of alkyl halides is 1. The molecule has 72 valence electrons. The highest BCUT2D eigenvalue weighted by molar-refractivity contribution is 6.30. The molecule has 0 bridgehead atoms. The lowest BCUT2D eigenvalue weighted by Gasteiger charge is -2.22. The number of halogens is 2. The van der Waals surface area contributed by atoms with Crippen LogP contribution in [0.1, 0.15) is 18.9 Å². The summed E-state index contributed by atoms with van der Waals surface area (Å²) in [5.74, 6) is 0. The lowest BCUT2D eigenvalue weighted by molar-refractivity contribution is 0.169. The third-order valence-electron chi connectivity index (χ3n) is 2.25. The average molecular weight is 202 g/mol. The van der Waals surface area contributed by atoms with Crippen molar-refractivity contribution in [3.8, 4) is 0 Å². The van der Waals surface area contributed by atoms with Gasteiger partial charge < -0.3 is 5.73 Å². The van der Waals surface area contributed by atoms with Crippen LogP contribution in [0, 0.1) is 0 Å². The molecule has 2 N–H and O–H groups in total. The minimum Gasteiger partial charge on any atom is -0.327 e. The molecule has 0 radical (unpaired) electrons. The van der Waals surface area contributed by atoms with Crippen molar-refractivity contribution in [1.82, 2.24) is 0 Å². The lowest BCUT2D eigenvalue weighted by Crippen LogP contribution is -2.29. The molecule has 0 spiro atoms. The molecule has 3 heteroatoms. The van der Waals surface area contributed by atoms with Crippen molar-refractivity contribution in [1.29, 1.82) is 0 Å². The second-order valence-electron chi connectivity index (χ2n) is 3.03. The van der Waals surface area contributed by atoms with E-state index < -0.39 is 5.67 Å². The maximum Gasteiger partial charge on any atom is 0.147 e. The van der Waals surface area contributed by atoms with Crippen LogP contribution in [0.2, 0.25) is 5.02 Å². The Labute approximate surface area is 82.7 Å². The number of benzene rings is 1. The molecule has 13 heavy (non-hydrogen) atoms. The van der Waals surface area contributed by atoms with Gasteiger partial charge in [0.2, 0.25) is 0 Å². The summed E-state index contributed by atoms with van der Waals surface area (Å²) >= 11 is 5.69. The van der Waals surface area contributed by atoms with E-state index in [9.17, 15) is 4.39 Å².